The second-order valence-electron chi connectivity index (χ2n) is 5.01. The first-order valence-corrected chi connectivity index (χ1v) is 9.16. The third-order valence-corrected chi connectivity index (χ3v) is 5.90. The first-order valence-electron chi connectivity index (χ1n) is 7.30. The lowest BCUT2D eigenvalue weighted by molar-refractivity contribution is 0.0982. The maximum Gasteiger partial charge on any atom is 0.164 e. The van der Waals surface area contributed by atoms with Crippen molar-refractivity contribution >= 4 is 33.7 Å². The van der Waals surface area contributed by atoms with Crippen molar-refractivity contribution < 1.29 is 4.79 Å². The Morgan fingerprint density at radius 2 is 1.77 bits per heavy atom. The second kappa shape index (κ2) is 7.65. The van der Waals surface area contributed by atoms with Crippen LogP contribution in [0.5, 0.6) is 0 Å². The fourth-order valence-corrected chi connectivity index (χ4v) is 4.66. The molecule has 0 saturated carbocycles. The fourth-order valence-electron chi connectivity index (χ4n) is 2.31. The van der Waals surface area contributed by atoms with Gasteiger partial charge in [0.25, 0.3) is 0 Å². The van der Waals surface area contributed by atoms with Gasteiger partial charge in [-0.1, -0.05) is 84.2 Å². The third kappa shape index (κ3) is 4.02. The van der Waals surface area contributed by atoms with Gasteiger partial charge in [0.15, 0.2) is 5.78 Å². The predicted molar refractivity (Wildman–Crippen MR) is 96.9 cm³/mol. The minimum atomic E-state index is 0.123. The van der Waals surface area contributed by atoms with E-state index >= 15 is 0 Å². The van der Waals surface area contributed by atoms with Gasteiger partial charge in [0.1, 0.15) is 4.38 Å². The first kappa shape index (κ1) is 15.4. The van der Waals surface area contributed by atoms with E-state index in [-0.39, 0.29) is 11.0 Å². The Kier molecular flexibility index (Phi) is 5.35. The van der Waals surface area contributed by atoms with E-state index in [0.717, 1.165) is 22.2 Å². The number of carbonyl (C=O) groups excluding carboxylic acids is 1. The third-order valence-electron chi connectivity index (χ3n) is 3.44. The fraction of sp³-hybridized carbons (Fsp3) is 0.222. The average molecular weight is 327 g/mol. The van der Waals surface area contributed by atoms with Crippen molar-refractivity contribution in [1.82, 2.24) is 0 Å². The maximum absolute atomic E-state index is 12.5. The van der Waals surface area contributed by atoms with E-state index in [1.807, 2.05) is 48.5 Å². The second-order valence-corrected chi connectivity index (χ2v) is 7.54. The summed E-state index contributed by atoms with van der Waals surface area (Å²) in [6.07, 6.45) is 0.498. The largest absolute Gasteiger partial charge is 0.294 e. The lowest BCUT2D eigenvalue weighted by Crippen LogP contribution is -2.06. The van der Waals surface area contributed by atoms with Gasteiger partial charge in [-0.05, 0) is 5.56 Å². The molecule has 0 aliphatic carbocycles. The Bertz CT molecular complexity index is 655. The molecule has 4 heteroatoms. The topological polar surface area (TPSA) is 29.4 Å². The highest BCUT2D eigenvalue weighted by Gasteiger charge is 2.21. The summed E-state index contributed by atoms with van der Waals surface area (Å²) in [7, 11) is 0. The Morgan fingerprint density at radius 3 is 2.41 bits per heavy atom. The van der Waals surface area contributed by atoms with Gasteiger partial charge in [-0.2, -0.15) is 0 Å². The Morgan fingerprint density at radius 1 is 1.09 bits per heavy atom. The summed E-state index contributed by atoms with van der Waals surface area (Å²) in [5.41, 5.74) is 1.97. The molecule has 0 N–H and O–H groups in total. The van der Waals surface area contributed by atoms with Crippen LogP contribution in [0.2, 0.25) is 0 Å². The van der Waals surface area contributed by atoms with Gasteiger partial charge in [0.05, 0.1) is 6.54 Å². The van der Waals surface area contributed by atoms with Crippen LogP contribution in [0.4, 0.5) is 0 Å². The van der Waals surface area contributed by atoms with Gasteiger partial charge in [0.2, 0.25) is 0 Å². The molecule has 1 unspecified atom stereocenters. The number of benzene rings is 2. The van der Waals surface area contributed by atoms with Crippen LogP contribution in [0.3, 0.4) is 0 Å². The number of hydrogen-bond donors (Lipinski definition) is 0. The molecule has 0 fully saturated rings. The van der Waals surface area contributed by atoms with Crippen molar-refractivity contribution in [2.75, 3.05) is 12.3 Å². The summed E-state index contributed by atoms with van der Waals surface area (Å²) in [5.74, 6) is 1.24. The SMILES string of the molecule is O=C(CC(SC1=NCCS1)c1ccccc1)c1ccccc1. The predicted octanol–water partition coefficient (Wildman–Crippen LogP) is 4.84. The van der Waals surface area contributed by atoms with Crippen LogP contribution in [0.1, 0.15) is 27.6 Å². The van der Waals surface area contributed by atoms with Gasteiger partial charge in [-0.3, -0.25) is 9.79 Å². The molecule has 3 rings (SSSR count). The summed E-state index contributed by atoms with van der Waals surface area (Å²) in [6.45, 7) is 0.890. The van der Waals surface area contributed by atoms with Crippen LogP contribution in [0.25, 0.3) is 0 Å². The van der Waals surface area contributed by atoms with Crippen molar-refractivity contribution in [3.63, 3.8) is 0 Å². The van der Waals surface area contributed by atoms with E-state index in [1.165, 1.54) is 5.56 Å². The normalized spacial score (nSPS) is 15.4. The number of carbonyl (C=O) groups is 1. The molecule has 2 nitrogen and oxygen atoms in total. The minimum absolute atomic E-state index is 0.123. The molecule has 1 heterocycles. The van der Waals surface area contributed by atoms with E-state index in [9.17, 15) is 4.79 Å². The smallest absolute Gasteiger partial charge is 0.164 e. The molecule has 2 aromatic carbocycles. The first-order chi connectivity index (χ1) is 10.8. The molecular formula is C18H17NOS2. The molecule has 0 saturated heterocycles. The highest BCUT2D eigenvalue weighted by Crippen LogP contribution is 2.38. The number of rotatable bonds is 5. The molecule has 1 aliphatic heterocycles. The standard InChI is InChI=1S/C18H17NOS2/c20-16(14-7-3-1-4-8-14)13-17(15-9-5-2-6-10-15)22-18-19-11-12-21-18/h1-10,17H,11-13H2. The number of thioether (sulfide) groups is 2. The molecule has 1 atom stereocenters. The monoisotopic (exact) mass is 327 g/mol. The zero-order valence-electron chi connectivity index (χ0n) is 12.1. The van der Waals surface area contributed by atoms with Crippen LogP contribution >= 0.6 is 23.5 Å². The number of ketones is 1. The van der Waals surface area contributed by atoms with E-state index in [2.05, 4.69) is 17.1 Å². The molecule has 0 aromatic heterocycles. The van der Waals surface area contributed by atoms with Crippen LogP contribution in [-0.4, -0.2) is 22.5 Å². The molecule has 22 heavy (non-hydrogen) atoms. The van der Waals surface area contributed by atoms with Crippen molar-refractivity contribution in [2.24, 2.45) is 4.99 Å². The van der Waals surface area contributed by atoms with Crippen molar-refractivity contribution in [3.05, 3.63) is 71.8 Å². The van der Waals surface area contributed by atoms with Crippen molar-refractivity contribution in [1.29, 1.82) is 0 Å². The zero-order chi connectivity index (χ0) is 15.2. The molecule has 1 aliphatic rings. The van der Waals surface area contributed by atoms with Crippen molar-refractivity contribution in [2.45, 2.75) is 11.7 Å². The van der Waals surface area contributed by atoms with Gasteiger partial charge in [-0.25, -0.2) is 0 Å². The quantitative estimate of drug-likeness (QED) is 0.736. The highest BCUT2D eigenvalue weighted by atomic mass is 32.2. The van der Waals surface area contributed by atoms with Crippen LogP contribution in [-0.2, 0) is 0 Å². The summed E-state index contributed by atoms with van der Waals surface area (Å²) in [6, 6.07) is 19.8. The molecule has 0 radical (unpaired) electrons. The number of aliphatic imine (C=N–C) groups is 1. The van der Waals surface area contributed by atoms with Crippen LogP contribution in [0.15, 0.2) is 65.7 Å². The molecule has 2 aromatic rings. The average Bonchev–Trinajstić information content (AvgIpc) is 3.09. The Hall–Kier alpha value is -1.52. The molecule has 0 spiro atoms. The van der Waals surface area contributed by atoms with Gasteiger partial charge >= 0.3 is 0 Å². The summed E-state index contributed by atoms with van der Waals surface area (Å²) < 4.78 is 1.11. The molecular weight excluding hydrogens is 310 g/mol. The summed E-state index contributed by atoms with van der Waals surface area (Å²) in [5, 5.41) is 0.123. The lowest BCUT2D eigenvalue weighted by Gasteiger charge is -2.16. The highest BCUT2D eigenvalue weighted by molar-refractivity contribution is 8.39. The summed E-state index contributed by atoms with van der Waals surface area (Å²) >= 11 is 3.51. The van der Waals surface area contributed by atoms with Gasteiger partial charge in [0, 0.05) is 23.0 Å². The number of Topliss-reactive ketones (excluding diaryl/α,β-unsaturated/α-hetero) is 1. The minimum Gasteiger partial charge on any atom is -0.294 e. The van der Waals surface area contributed by atoms with E-state index < -0.39 is 0 Å². The van der Waals surface area contributed by atoms with Crippen molar-refractivity contribution in [3.8, 4) is 0 Å². The van der Waals surface area contributed by atoms with E-state index in [4.69, 9.17) is 0 Å². The van der Waals surface area contributed by atoms with Crippen LogP contribution in [0, 0.1) is 0 Å². The molecule has 112 valence electrons. The lowest BCUT2D eigenvalue weighted by atomic mass is 10.0. The summed E-state index contributed by atoms with van der Waals surface area (Å²) in [4.78, 5) is 17.1. The Balaban J connectivity index is 1.77. The number of nitrogens with zero attached hydrogens (tertiary/aromatic N) is 1. The maximum atomic E-state index is 12.5. The molecule has 0 bridgehead atoms. The van der Waals surface area contributed by atoms with Crippen LogP contribution < -0.4 is 0 Å². The number of hydrogen-bond acceptors (Lipinski definition) is 4. The van der Waals surface area contributed by atoms with Gasteiger partial charge in [-0.15, -0.1) is 0 Å². The Labute approximate surface area is 139 Å². The van der Waals surface area contributed by atoms with E-state index in [1.54, 1.807) is 23.5 Å². The zero-order valence-corrected chi connectivity index (χ0v) is 13.8. The van der Waals surface area contributed by atoms with Gasteiger partial charge < -0.3 is 0 Å². The van der Waals surface area contributed by atoms with E-state index in [0.29, 0.717) is 6.42 Å². The molecule has 0 amide bonds.